The fourth-order valence-electron chi connectivity index (χ4n) is 12.4. The molecule has 19 aromatic heterocycles. The Bertz CT molecular complexity index is 6140. The van der Waals surface area contributed by atoms with Gasteiger partial charge in [0, 0.05) is 254 Å². The summed E-state index contributed by atoms with van der Waals surface area (Å²) >= 11 is 5.33. The number of imidazole rings is 8. The molecule has 0 fully saturated rings. The molecular weight excluding hydrogens is 2660 g/mol. The van der Waals surface area contributed by atoms with Crippen LogP contribution in [-0.4, -0.2) is 174 Å². The van der Waals surface area contributed by atoms with Gasteiger partial charge in [-0.2, -0.15) is 0 Å². The molecule has 33 nitrogen and oxygen atoms in total. The Morgan fingerprint density at radius 1 is 0.277 bits per heavy atom. The number of aromatic nitrogens is 27. The van der Waals surface area contributed by atoms with Gasteiger partial charge < -0.3 is 70.5 Å². The first-order valence-corrected chi connectivity index (χ1v) is 57.5. The monoisotopic (exact) mass is 2780 g/mol. The molecule has 0 saturated carbocycles. The summed E-state index contributed by atoms with van der Waals surface area (Å²) in [6.45, 7) is 3.32. The van der Waals surface area contributed by atoms with Crippen molar-refractivity contribution in [3.63, 3.8) is 0 Å². The maximum atomic E-state index is 5.15. The third-order valence-corrected chi connectivity index (χ3v) is 19.8. The van der Waals surface area contributed by atoms with Crippen LogP contribution in [-0.2, 0) is 126 Å². The quantitative estimate of drug-likeness (QED) is 0.0616. The molecule has 0 spiro atoms. The zero-order valence-corrected chi connectivity index (χ0v) is 97.0. The Kier molecular flexibility index (Phi) is 61.5. The number of para-hydroxylation sites is 2. The van der Waals surface area contributed by atoms with E-state index in [-0.39, 0.29) is 0 Å². The zero-order valence-electron chi connectivity index (χ0n) is 83.8. The van der Waals surface area contributed by atoms with Gasteiger partial charge >= 0.3 is 109 Å². The van der Waals surface area contributed by atoms with E-state index >= 15 is 0 Å². The van der Waals surface area contributed by atoms with Gasteiger partial charge in [-0.3, -0.25) is 49.8 Å². The number of hydrogen-bond donors (Lipinski definition) is 1. The van der Waals surface area contributed by atoms with Crippen molar-refractivity contribution in [1.82, 2.24) is 131 Å². The molecule has 774 valence electrons. The predicted molar refractivity (Wildman–Crippen MR) is 571 cm³/mol. The second kappa shape index (κ2) is 74.4. The van der Waals surface area contributed by atoms with Crippen LogP contribution in [0.25, 0.3) is 103 Å². The van der Waals surface area contributed by atoms with Crippen molar-refractivity contribution in [3.8, 4) is 121 Å². The minimum atomic E-state index is 0.759. The van der Waals surface area contributed by atoms with Crippen molar-refractivity contribution in [3.05, 3.63) is 398 Å². The van der Waals surface area contributed by atoms with E-state index in [1.165, 1.54) is 95.2 Å². The van der Waals surface area contributed by atoms with Crippen LogP contribution in [0.2, 0.25) is 0 Å². The number of hydrogen-bond acceptors (Lipinski definition) is 25. The molecule has 0 aliphatic carbocycles. The van der Waals surface area contributed by atoms with Crippen molar-refractivity contribution >= 4 is 55.3 Å². The van der Waals surface area contributed by atoms with E-state index in [0.29, 0.717) is 0 Å². The van der Waals surface area contributed by atoms with Gasteiger partial charge in [-0.1, -0.05) is 68.3 Å². The fourth-order valence-corrected chi connectivity index (χ4v) is 12.4. The predicted octanol–water partition coefficient (Wildman–Crippen LogP) is 22.2. The number of benzene rings is 2. The average molecular weight is 2780 g/mol. The van der Waals surface area contributed by atoms with E-state index in [2.05, 4.69) is 174 Å². The number of nitrogens with one attached hydrogen (secondary N) is 1. The van der Waals surface area contributed by atoms with Crippen LogP contribution < -0.4 is 29.0 Å². The molecule has 2 aromatic carbocycles. The summed E-state index contributed by atoms with van der Waals surface area (Å²) in [5.41, 5.74) is 12.1. The first-order valence-electron chi connectivity index (χ1n) is 44.9. The van der Waals surface area contributed by atoms with Crippen LogP contribution in [0, 0.1) is 6.07 Å². The van der Waals surface area contributed by atoms with Crippen LogP contribution in [0.1, 0.15) is 26.2 Å². The Balaban J connectivity index is 0.000000246. The van der Waals surface area contributed by atoms with Gasteiger partial charge in [-0.15, -0.1) is 29.8 Å². The topological polar surface area (TPSA) is 343 Å². The van der Waals surface area contributed by atoms with E-state index in [9.17, 15) is 0 Å². The van der Waals surface area contributed by atoms with Crippen LogP contribution in [0.15, 0.2) is 392 Å². The molecular formula is C107H115Cl4N28O5Os4-. The van der Waals surface area contributed by atoms with Crippen molar-refractivity contribution in [2.45, 2.75) is 32.7 Å². The number of nitrogens with zero attached hydrogens (tertiary/aromatic N) is 27. The molecule has 21 rings (SSSR count). The fraction of sp³-hybridized carbons (Fsp3) is 0.168. The van der Waals surface area contributed by atoms with Gasteiger partial charge in [0.05, 0.1) is 70.6 Å². The van der Waals surface area contributed by atoms with Crippen LogP contribution in [0.3, 0.4) is 0 Å². The van der Waals surface area contributed by atoms with Crippen molar-refractivity contribution < 1.29 is 94.1 Å². The first kappa shape index (κ1) is 122. The number of methoxy groups -OCH3 is 5. The molecule has 0 radical (unpaired) electrons. The second-order valence-electron chi connectivity index (χ2n) is 29.6. The molecule has 21 aromatic rings. The molecule has 0 saturated heterocycles. The average Bonchev–Trinajstić information content (AvgIpc) is 1.70. The van der Waals surface area contributed by atoms with Crippen molar-refractivity contribution in [2.24, 2.45) is 49.3 Å². The Morgan fingerprint density at radius 3 is 0.851 bits per heavy atom. The summed E-state index contributed by atoms with van der Waals surface area (Å²) in [6.07, 6.45) is 55.8. The molecule has 1 N–H and O–H groups in total. The van der Waals surface area contributed by atoms with E-state index in [0.717, 1.165) is 138 Å². The second-order valence-corrected chi connectivity index (χ2v) is 29.6. The van der Waals surface area contributed by atoms with Gasteiger partial charge in [-0.25, -0.2) is 39.9 Å². The number of anilines is 1. The SMILES string of the molecule is CCCCCn1cnc2ccccc21.CNc1ccncc1.COc1cc[c-]c(-c2cc(OC)ccn2)c1.COc1ccnc(-c2cc(OC)ccn2)c1.COc1ccncc1.Cn1ccnc1.Cn1ccnc1-c1ccccn1.Cn1ccnc1-c1ccccn1.Cn1ccnc1-c1ccccn1.Cn1ccnc1-c1ccccn1.Cn1ccnc1-c1ccccn1.Cn1ccnc1-c1ccccn1.[Cl][Os].[Cl][Os].[Cl][Os].[Cl][Os]. The molecule has 0 aliphatic heterocycles. The number of unbranched alkanes of at least 4 members (excludes halogenated alkanes) is 2. The van der Waals surface area contributed by atoms with Gasteiger partial charge in [0.15, 0.2) is 34.9 Å². The number of aryl methyl sites for hydroxylation is 8. The Hall–Kier alpha value is -14.5. The third kappa shape index (κ3) is 44.1. The molecule has 148 heavy (non-hydrogen) atoms. The zero-order chi connectivity index (χ0) is 107. The number of rotatable bonds is 18. The standard InChI is InChI=1S/C13H12NO2.C12H12N2O2.C12H16N2.6C9H9N3.C6H8N2.C6H7NO.C4H6N2.4ClH.4Os/c1-15-11-5-3-4-10(8-11)13-9-12(16-2)6-7-14-13;1-15-9-3-5-13-11(7-9)12-8-10(16-2)4-6-14-12;1-2-3-6-9-14-10-13-11-7-4-5-8-12(11)14;6*1-12-7-6-11-9(12)8-4-2-3-5-10-8;1-7-6-2-4-8-5-3-6;1-8-6-2-4-7-5-3-6;1-6-3-2-5-4-6;;;;;;;;/h3,5-9H,1-2H3;3-8H,1-2H3;4-5,7-8,10H,2-3,6,9H2,1H3;6*2-7H,1H3;2-5H,1H3,(H,7,8);2-5H,1H3;2-4H,1H3;4*1H;;;;/q-1;;;;;;;;;;;;;;;;4*+1/p-4. The summed E-state index contributed by atoms with van der Waals surface area (Å²) in [5.74, 6) is 9.33. The maximum absolute atomic E-state index is 5.15. The summed E-state index contributed by atoms with van der Waals surface area (Å²) in [6, 6.07) is 70.1. The number of halogens is 4. The van der Waals surface area contributed by atoms with E-state index in [1.54, 1.807) is 190 Å². The van der Waals surface area contributed by atoms with Crippen LogP contribution >= 0.6 is 38.6 Å². The van der Waals surface area contributed by atoms with E-state index in [4.69, 9.17) is 23.7 Å². The van der Waals surface area contributed by atoms with Crippen molar-refractivity contribution in [1.29, 1.82) is 0 Å². The molecule has 0 bridgehead atoms. The normalized spacial score (nSPS) is 9.53. The van der Waals surface area contributed by atoms with Gasteiger partial charge in [0.2, 0.25) is 0 Å². The number of ether oxygens (including phenoxy) is 5. The molecule has 0 atom stereocenters. The number of pyridine rings is 11. The van der Waals surface area contributed by atoms with Gasteiger partial charge in [0.25, 0.3) is 0 Å². The first-order chi connectivity index (χ1) is 72.6. The van der Waals surface area contributed by atoms with E-state index in [1.807, 2.05) is 308 Å². The van der Waals surface area contributed by atoms with Crippen molar-refractivity contribution in [2.75, 3.05) is 47.9 Å². The van der Waals surface area contributed by atoms with Crippen LogP contribution in [0.4, 0.5) is 5.69 Å². The molecule has 0 amide bonds. The number of fused-ring (bicyclic) bond motifs is 1. The van der Waals surface area contributed by atoms with Gasteiger partial charge in [-0.05, 0) is 146 Å². The summed E-state index contributed by atoms with van der Waals surface area (Å²) in [5, 5.41) is 2.99. The molecule has 19 heterocycles. The Morgan fingerprint density at radius 2 is 0.581 bits per heavy atom. The summed E-state index contributed by atoms with van der Waals surface area (Å²) < 4.78 is 41.3. The molecule has 41 heteroatoms. The van der Waals surface area contributed by atoms with Crippen LogP contribution in [0.5, 0.6) is 28.7 Å². The Labute approximate surface area is 921 Å². The minimum absolute atomic E-state index is 0.759. The molecule has 0 unspecified atom stereocenters. The third-order valence-electron chi connectivity index (χ3n) is 19.8. The van der Waals surface area contributed by atoms with Gasteiger partial charge in [0.1, 0.15) is 57.2 Å². The van der Waals surface area contributed by atoms with E-state index < -0.39 is 0 Å². The summed E-state index contributed by atoms with van der Waals surface area (Å²) in [4.78, 5) is 78.9. The molecule has 0 aliphatic rings. The summed E-state index contributed by atoms with van der Waals surface area (Å²) in [7, 11) is 42.4.